The number of nitrogens with zero attached hydrogens (tertiary/aromatic N) is 3. The Labute approximate surface area is 184 Å². The minimum Gasteiger partial charge on any atom is -0.357 e. The zero-order valence-electron chi connectivity index (χ0n) is 16.0. The van der Waals surface area contributed by atoms with Crippen LogP contribution in [0, 0.1) is 0 Å². The average Bonchev–Trinajstić information content (AvgIpc) is 3.22. The van der Waals surface area contributed by atoms with Gasteiger partial charge in [0.1, 0.15) is 5.82 Å². The normalized spacial score (nSPS) is 18.5. The van der Waals surface area contributed by atoms with Gasteiger partial charge < -0.3 is 15.2 Å². The molecule has 1 aromatic heterocycles. The highest BCUT2D eigenvalue weighted by Crippen LogP contribution is 2.11. The molecule has 0 bridgehead atoms. The molecule has 2 aromatic rings. The number of rotatable bonds is 7. The van der Waals surface area contributed by atoms with Gasteiger partial charge in [-0.3, -0.25) is 4.99 Å². The molecule has 1 aliphatic rings. The molecule has 0 aliphatic carbocycles. The predicted octanol–water partition coefficient (Wildman–Crippen LogP) is 1.83. The first kappa shape index (κ1) is 22.7. The van der Waals surface area contributed by atoms with E-state index in [1.807, 2.05) is 37.5 Å². The molecule has 28 heavy (non-hydrogen) atoms. The van der Waals surface area contributed by atoms with Crippen molar-refractivity contribution in [1.29, 1.82) is 0 Å². The van der Waals surface area contributed by atoms with Crippen molar-refractivity contribution in [1.82, 2.24) is 20.2 Å². The van der Waals surface area contributed by atoms with Crippen LogP contribution in [0.4, 0.5) is 0 Å². The molecule has 1 saturated heterocycles. The molecular formula is C19H28IN5O2S. The van der Waals surface area contributed by atoms with Crippen LogP contribution in [0.2, 0.25) is 0 Å². The van der Waals surface area contributed by atoms with Crippen molar-refractivity contribution >= 4 is 39.8 Å². The molecule has 1 unspecified atom stereocenters. The standard InChI is InChI=1S/C19H27N5O2S.HI/c1-2-20-19(23-17-9-13-27(25,26)15-17)22-10-8-18-21-11-12-24(18)14-16-6-4-3-5-7-16;/h3-7,11-12,17H,2,8-10,13-15H2,1H3,(H2,20,22,23);1H. The van der Waals surface area contributed by atoms with Crippen LogP contribution in [0.5, 0.6) is 0 Å². The predicted molar refractivity (Wildman–Crippen MR) is 123 cm³/mol. The summed E-state index contributed by atoms with van der Waals surface area (Å²) in [5, 5.41) is 6.43. The van der Waals surface area contributed by atoms with Crippen molar-refractivity contribution in [3.8, 4) is 0 Å². The van der Waals surface area contributed by atoms with Crippen LogP contribution in [-0.2, 0) is 22.8 Å². The highest BCUT2D eigenvalue weighted by atomic mass is 127. The third-order valence-electron chi connectivity index (χ3n) is 4.52. The molecule has 1 aromatic carbocycles. The van der Waals surface area contributed by atoms with Crippen LogP contribution in [0.25, 0.3) is 0 Å². The summed E-state index contributed by atoms with van der Waals surface area (Å²) in [7, 11) is -2.91. The molecule has 1 atom stereocenters. The zero-order chi connectivity index (χ0) is 19.1. The van der Waals surface area contributed by atoms with E-state index >= 15 is 0 Å². The average molecular weight is 517 g/mol. The monoisotopic (exact) mass is 517 g/mol. The van der Waals surface area contributed by atoms with Gasteiger partial charge in [-0.2, -0.15) is 0 Å². The number of halogens is 1. The van der Waals surface area contributed by atoms with Gasteiger partial charge in [-0.15, -0.1) is 24.0 Å². The molecule has 9 heteroatoms. The fraction of sp³-hybridized carbons (Fsp3) is 0.474. The van der Waals surface area contributed by atoms with Crippen molar-refractivity contribution in [2.75, 3.05) is 24.6 Å². The minimum atomic E-state index is -2.91. The van der Waals surface area contributed by atoms with E-state index in [4.69, 9.17) is 0 Å². The molecule has 2 N–H and O–H groups in total. The number of hydrogen-bond acceptors (Lipinski definition) is 4. The molecule has 2 heterocycles. The fourth-order valence-electron chi connectivity index (χ4n) is 3.18. The molecule has 1 fully saturated rings. The number of hydrogen-bond donors (Lipinski definition) is 2. The summed E-state index contributed by atoms with van der Waals surface area (Å²) >= 11 is 0. The van der Waals surface area contributed by atoms with Gasteiger partial charge in [0.05, 0.1) is 11.5 Å². The van der Waals surface area contributed by atoms with E-state index in [1.54, 1.807) is 0 Å². The lowest BCUT2D eigenvalue weighted by atomic mass is 10.2. The van der Waals surface area contributed by atoms with Crippen molar-refractivity contribution in [2.45, 2.75) is 32.4 Å². The molecule has 0 spiro atoms. The maximum absolute atomic E-state index is 11.6. The smallest absolute Gasteiger partial charge is 0.191 e. The summed E-state index contributed by atoms with van der Waals surface area (Å²) in [5.74, 6) is 2.09. The lowest BCUT2D eigenvalue weighted by Gasteiger charge is -2.15. The third-order valence-corrected chi connectivity index (χ3v) is 6.29. The SMILES string of the molecule is CCNC(=NCCc1nccn1Cc1ccccc1)NC1CCS(=O)(=O)C1.I. The topological polar surface area (TPSA) is 88.4 Å². The summed E-state index contributed by atoms with van der Waals surface area (Å²) in [4.78, 5) is 9.05. The zero-order valence-corrected chi connectivity index (χ0v) is 19.2. The highest BCUT2D eigenvalue weighted by Gasteiger charge is 2.28. The van der Waals surface area contributed by atoms with Crippen LogP contribution in [-0.4, -0.2) is 54.6 Å². The van der Waals surface area contributed by atoms with E-state index < -0.39 is 9.84 Å². The van der Waals surface area contributed by atoms with E-state index in [9.17, 15) is 8.42 Å². The fourth-order valence-corrected chi connectivity index (χ4v) is 4.86. The third kappa shape index (κ3) is 6.77. The molecule has 7 nitrogen and oxygen atoms in total. The Kier molecular flexibility index (Phi) is 8.74. The van der Waals surface area contributed by atoms with Crippen LogP contribution in [0.3, 0.4) is 0 Å². The summed E-state index contributed by atoms with van der Waals surface area (Å²) < 4.78 is 25.4. The quantitative estimate of drug-likeness (QED) is 0.333. The second-order valence-corrected chi connectivity index (χ2v) is 8.94. The van der Waals surface area contributed by atoms with Crippen LogP contribution in [0.15, 0.2) is 47.7 Å². The van der Waals surface area contributed by atoms with Crippen molar-refractivity contribution in [3.63, 3.8) is 0 Å². The van der Waals surface area contributed by atoms with Crippen molar-refractivity contribution < 1.29 is 8.42 Å². The summed E-state index contributed by atoms with van der Waals surface area (Å²) in [5.41, 5.74) is 1.23. The number of benzene rings is 1. The molecule has 1 aliphatic heterocycles. The molecular weight excluding hydrogens is 489 g/mol. The van der Waals surface area contributed by atoms with Gasteiger partial charge in [-0.1, -0.05) is 30.3 Å². The Balaban J connectivity index is 0.00000280. The van der Waals surface area contributed by atoms with Crippen molar-refractivity contribution in [3.05, 3.63) is 54.1 Å². The largest absolute Gasteiger partial charge is 0.357 e. The van der Waals surface area contributed by atoms with E-state index in [1.165, 1.54) is 5.56 Å². The number of aliphatic imine (C=N–C) groups is 1. The number of nitrogens with one attached hydrogen (secondary N) is 2. The van der Waals surface area contributed by atoms with Crippen LogP contribution >= 0.6 is 24.0 Å². The first-order valence-corrected chi connectivity index (χ1v) is 11.2. The van der Waals surface area contributed by atoms with Crippen LogP contribution in [0.1, 0.15) is 24.7 Å². The Bertz CT molecular complexity index is 867. The van der Waals surface area contributed by atoms with Gasteiger partial charge in [-0.25, -0.2) is 13.4 Å². The minimum absolute atomic E-state index is 0. The molecule has 0 radical (unpaired) electrons. The first-order valence-electron chi connectivity index (χ1n) is 9.35. The second kappa shape index (κ2) is 10.8. The Morgan fingerprint density at radius 3 is 2.79 bits per heavy atom. The van der Waals surface area contributed by atoms with Gasteiger partial charge in [0.2, 0.25) is 0 Å². The molecule has 3 rings (SSSR count). The number of guanidine groups is 1. The Morgan fingerprint density at radius 2 is 2.11 bits per heavy atom. The maximum atomic E-state index is 11.6. The number of sulfone groups is 1. The van der Waals surface area contributed by atoms with E-state index in [-0.39, 0.29) is 41.5 Å². The van der Waals surface area contributed by atoms with E-state index in [0.29, 0.717) is 18.9 Å². The number of imidazole rings is 1. The summed E-state index contributed by atoms with van der Waals surface area (Å²) in [6, 6.07) is 10.2. The summed E-state index contributed by atoms with van der Waals surface area (Å²) in [6.45, 7) is 4.10. The lowest BCUT2D eigenvalue weighted by molar-refractivity contribution is 0.599. The maximum Gasteiger partial charge on any atom is 0.191 e. The van der Waals surface area contributed by atoms with E-state index in [2.05, 4.69) is 37.3 Å². The van der Waals surface area contributed by atoms with Gasteiger partial charge in [0, 0.05) is 44.5 Å². The van der Waals surface area contributed by atoms with Crippen molar-refractivity contribution in [2.24, 2.45) is 4.99 Å². The molecule has 0 saturated carbocycles. The highest BCUT2D eigenvalue weighted by molar-refractivity contribution is 14.0. The molecule has 154 valence electrons. The second-order valence-electron chi connectivity index (χ2n) is 6.71. The lowest BCUT2D eigenvalue weighted by Crippen LogP contribution is -2.44. The number of aromatic nitrogens is 2. The van der Waals surface area contributed by atoms with Gasteiger partial charge >= 0.3 is 0 Å². The Morgan fingerprint density at radius 1 is 1.32 bits per heavy atom. The molecule has 0 amide bonds. The van der Waals surface area contributed by atoms with Gasteiger partial charge in [0.15, 0.2) is 15.8 Å². The van der Waals surface area contributed by atoms with Gasteiger partial charge in [0.25, 0.3) is 0 Å². The Hall–Kier alpha value is -1.62. The van der Waals surface area contributed by atoms with Gasteiger partial charge in [-0.05, 0) is 18.9 Å². The van der Waals surface area contributed by atoms with Crippen LogP contribution < -0.4 is 10.6 Å². The first-order chi connectivity index (χ1) is 13.1. The van der Waals surface area contributed by atoms with E-state index in [0.717, 1.165) is 25.3 Å². The summed E-state index contributed by atoms with van der Waals surface area (Å²) in [6.07, 6.45) is 5.15.